The first kappa shape index (κ1) is 18.4. The van der Waals surface area contributed by atoms with Crippen molar-refractivity contribution in [3.8, 4) is 5.75 Å². The zero-order chi connectivity index (χ0) is 18.5. The molecule has 0 spiro atoms. The lowest BCUT2D eigenvalue weighted by Crippen LogP contribution is -2.14. The predicted molar refractivity (Wildman–Crippen MR) is 103 cm³/mol. The average Bonchev–Trinajstić information content (AvgIpc) is 3.23. The summed E-state index contributed by atoms with van der Waals surface area (Å²) in [4.78, 5) is 16.0. The quantitative estimate of drug-likeness (QED) is 0.625. The Morgan fingerprint density at radius 1 is 1.35 bits per heavy atom. The normalized spacial score (nSPS) is 10.7. The molecule has 0 aliphatic heterocycles. The summed E-state index contributed by atoms with van der Waals surface area (Å²) < 4.78 is 7.69. The van der Waals surface area contributed by atoms with Crippen LogP contribution in [-0.4, -0.2) is 31.4 Å². The van der Waals surface area contributed by atoms with E-state index >= 15 is 0 Å². The molecule has 0 saturated carbocycles. The number of aryl methyl sites for hydroxylation is 2. The molecule has 2 aromatic heterocycles. The highest BCUT2D eigenvalue weighted by atomic mass is 32.2. The number of carbonyl (C=O) groups excluding carboxylic acids is 1. The van der Waals surface area contributed by atoms with Crippen molar-refractivity contribution in [2.24, 2.45) is 7.05 Å². The minimum absolute atomic E-state index is 0.124. The second-order valence-electron chi connectivity index (χ2n) is 5.69. The Hall–Kier alpha value is -2.39. The van der Waals surface area contributed by atoms with E-state index in [9.17, 15) is 4.79 Å². The number of thiazole rings is 1. The predicted octanol–water partition coefficient (Wildman–Crippen LogP) is 3.20. The SMILES string of the molecule is Cc1ccc(OCc2nnc(SCC(=O)Nc3nccs3)n2C)c(C)c1. The molecular weight excluding hydrogens is 370 g/mol. The lowest BCUT2D eigenvalue weighted by molar-refractivity contribution is -0.113. The summed E-state index contributed by atoms with van der Waals surface area (Å²) in [6, 6.07) is 6.05. The van der Waals surface area contributed by atoms with Gasteiger partial charge in [-0.25, -0.2) is 4.98 Å². The number of carbonyl (C=O) groups is 1. The third-order valence-corrected chi connectivity index (χ3v) is 5.33. The zero-order valence-corrected chi connectivity index (χ0v) is 16.4. The summed E-state index contributed by atoms with van der Waals surface area (Å²) in [5.41, 5.74) is 2.28. The molecule has 136 valence electrons. The second-order valence-corrected chi connectivity index (χ2v) is 7.53. The van der Waals surface area contributed by atoms with E-state index in [1.54, 1.807) is 6.20 Å². The molecule has 1 amide bonds. The Labute approximate surface area is 159 Å². The minimum Gasteiger partial charge on any atom is -0.485 e. The molecule has 0 aliphatic carbocycles. The molecule has 0 fully saturated rings. The van der Waals surface area contributed by atoms with Crippen LogP contribution in [0.4, 0.5) is 5.13 Å². The maximum atomic E-state index is 11.9. The molecule has 3 rings (SSSR count). The van der Waals surface area contributed by atoms with Crippen LogP contribution in [0.1, 0.15) is 17.0 Å². The second kappa shape index (κ2) is 8.33. The fraction of sp³-hybridized carbons (Fsp3) is 0.294. The maximum absolute atomic E-state index is 11.9. The lowest BCUT2D eigenvalue weighted by atomic mass is 10.1. The number of nitrogens with zero attached hydrogens (tertiary/aromatic N) is 4. The number of hydrogen-bond donors (Lipinski definition) is 1. The van der Waals surface area contributed by atoms with E-state index in [1.807, 2.05) is 43.0 Å². The first-order valence-corrected chi connectivity index (χ1v) is 9.80. The summed E-state index contributed by atoms with van der Waals surface area (Å²) in [6.45, 7) is 4.38. The summed E-state index contributed by atoms with van der Waals surface area (Å²) in [5.74, 6) is 1.65. The largest absolute Gasteiger partial charge is 0.485 e. The third-order valence-electron chi connectivity index (χ3n) is 3.62. The van der Waals surface area contributed by atoms with Gasteiger partial charge in [0.15, 0.2) is 16.1 Å². The van der Waals surface area contributed by atoms with E-state index in [2.05, 4.69) is 26.6 Å². The van der Waals surface area contributed by atoms with Gasteiger partial charge in [0.1, 0.15) is 12.4 Å². The Morgan fingerprint density at radius 3 is 2.92 bits per heavy atom. The Morgan fingerprint density at radius 2 is 2.19 bits per heavy atom. The number of anilines is 1. The van der Waals surface area contributed by atoms with E-state index in [0.717, 1.165) is 11.3 Å². The number of amides is 1. The van der Waals surface area contributed by atoms with Crippen LogP contribution in [0, 0.1) is 13.8 Å². The highest BCUT2D eigenvalue weighted by molar-refractivity contribution is 7.99. The molecule has 1 aromatic carbocycles. The van der Waals surface area contributed by atoms with Crippen molar-refractivity contribution in [3.05, 3.63) is 46.7 Å². The fourth-order valence-corrected chi connectivity index (χ4v) is 3.55. The van der Waals surface area contributed by atoms with Crippen LogP contribution in [0.2, 0.25) is 0 Å². The minimum atomic E-state index is -0.124. The van der Waals surface area contributed by atoms with Gasteiger partial charge in [0, 0.05) is 18.6 Å². The standard InChI is InChI=1S/C17H19N5O2S2/c1-11-4-5-13(12(2)8-11)24-9-14-20-21-17(22(14)3)26-10-15(23)19-16-18-6-7-25-16/h4-8H,9-10H2,1-3H3,(H,18,19,23). The van der Waals surface area contributed by atoms with Crippen LogP contribution < -0.4 is 10.1 Å². The van der Waals surface area contributed by atoms with Gasteiger partial charge in [0.25, 0.3) is 0 Å². The number of benzene rings is 1. The van der Waals surface area contributed by atoms with Gasteiger partial charge in [0.2, 0.25) is 5.91 Å². The topological polar surface area (TPSA) is 81.9 Å². The van der Waals surface area contributed by atoms with Crippen LogP contribution in [0.15, 0.2) is 34.9 Å². The number of nitrogens with one attached hydrogen (secondary N) is 1. The highest BCUT2D eigenvalue weighted by Crippen LogP contribution is 2.21. The van der Waals surface area contributed by atoms with E-state index in [4.69, 9.17) is 4.74 Å². The highest BCUT2D eigenvalue weighted by Gasteiger charge is 2.13. The van der Waals surface area contributed by atoms with Gasteiger partial charge in [-0.15, -0.1) is 21.5 Å². The third kappa shape index (κ3) is 4.61. The van der Waals surface area contributed by atoms with Crippen molar-refractivity contribution >= 4 is 34.1 Å². The van der Waals surface area contributed by atoms with Crippen molar-refractivity contribution < 1.29 is 9.53 Å². The first-order chi connectivity index (χ1) is 12.5. The van der Waals surface area contributed by atoms with Crippen molar-refractivity contribution in [1.82, 2.24) is 19.7 Å². The van der Waals surface area contributed by atoms with Gasteiger partial charge in [-0.05, 0) is 25.5 Å². The molecule has 26 heavy (non-hydrogen) atoms. The molecule has 0 aliphatic rings. The number of hydrogen-bond acceptors (Lipinski definition) is 7. The molecule has 0 radical (unpaired) electrons. The van der Waals surface area contributed by atoms with Crippen molar-refractivity contribution in [2.45, 2.75) is 25.6 Å². The molecule has 9 heteroatoms. The summed E-state index contributed by atoms with van der Waals surface area (Å²) in [5, 5.41) is 14.1. The number of rotatable bonds is 7. The summed E-state index contributed by atoms with van der Waals surface area (Å²) in [7, 11) is 1.86. The fourth-order valence-electron chi connectivity index (χ4n) is 2.27. The van der Waals surface area contributed by atoms with Crippen LogP contribution in [0.3, 0.4) is 0 Å². The van der Waals surface area contributed by atoms with E-state index in [-0.39, 0.29) is 11.7 Å². The molecule has 0 saturated heterocycles. The van der Waals surface area contributed by atoms with Gasteiger partial charge in [0.05, 0.1) is 5.75 Å². The van der Waals surface area contributed by atoms with Crippen LogP contribution in [0.25, 0.3) is 0 Å². The maximum Gasteiger partial charge on any atom is 0.236 e. The lowest BCUT2D eigenvalue weighted by Gasteiger charge is -2.09. The first-order valence-electron chi connectivity index (χ1n) is 7.93. The van der Waals surface area contributed by atoms with Gasteiger partial charge < -0.3 is 14.6 Å². The summed E-state index contributed by atoms with van der Waals surface area (Å²) in [6.07, 6.45) is 1.65. The molecule has 0 atom stereocenters. The Balaban J connectivity index is 1.54. The van der Waals surface area contributed by atoms with Gasteiger partial charge in [-0.2, -0.15) is 0 Å². The molecule has 0 unspecified atom stereocenters. The smallest absolute Gasteiger partial charge is 0.236 e. The Bertz CT molecular complexity index is 893. The van der Waals surface area contributed by atoms with Crippen LogP contribution >= 0.6 is 23.1 Å². The molecule has 1 N–H and O–H groups in total. The van der Waals surface area contributed by atoms with Gasteiger partial charge in [-0.1, -0.05) is 29.5 Å². The molecular formula is C17H19N5O2S2. The Kier molecular flexibility index (Phi) is 5.89. The van der Waals surface area contributed by atoms with E-state index < -0.39 is 0 Å². The van der Waals surface area contributed by atoms with Crippen molar-refractivity contribution in [3.63, 3.8) is 0 Å². The van der Waals surface area contributed by atoms with Gasteiger partial charge in [-0.3, -0.25) is 4.79 Å². The number of ether oxygens (including phenoxy) is 1. The average molecular weight is 390 g/mol. The van der Waals surface area contributed by atoms with E-state index in [1.165, 1.54) is 28.7 Å². The van der Waals surface area contributed by atoms with Crippen molar-refractivity contribution in [1.29, 1.82) is 0 Å². The van der Waals surface area contributed by atoms with Gasteiger partial charge >= 0.3 is 0 Å². The van der Waals surface area contributed by atoms with E-state index in [0.29, 0.717) is 22.7 Å². The molecule has 0 bridgehead atoms. The zero-order valence-electron chi connectivity index (χ0n) is 14.7. The van der Waals surface area contributed by atoms with Crippen LogP contribution in [0.5, 0.6) is 5.75 Å². The molecule has 7 nitrogen and oxygen atoms in total. The summed E-state index contributed by atoms with van der Waals surface area (Å²) >= 11 is 2.71. The number of aromatic nitrogens is 4. The van der Waals surface area contributed by atoms with Crippen molar-refractivity contribution in [2.75, 3.05) is 11.1 Å². The molecule has 3 aromatic rings. The molecule has 2 heterocycles. The van der Waals surface area contributed by atoms with Crippen LogP contribution in [-0.2, 0) is 18.4 Å². The monoisotopic (exact) mass is 389 g/mol. The number of thioether (sulfide) groups is 1.